The Morgan fingerprint density at radius 2 is 1.78 bits per heavy atom. The minimum absolute atomic E-state index is 0.0557. The van der Waals surface area contributed by atoms with E-state index in [-0.39, 0.29) is 18.5 Å². The maximum Gasteiger partial charge on any atom is 0.289 e. The van der Waals surface area contributed by atoms with Gasteiger partial charge in [-0.1, -0.05) is 30.3 Å². The quantitative estimate of drug-likeness (QED) is 0.244. The van der Waals surface area contributed by atoms with Crippen molar-refractivity contribution in [2.75, 3.05) is 0 Å². The standard InChI is InChI=1S/C25H20F3N5O3S/c26-17-6-7-18(27)23(28)22(17)16-11-31-33(13-16)14-20(34)32-19(10-15-4-2-1-3-5-15)24(35)25(36)30-12-21-29-8-9-37-21/h1-9,11,13,19H,10,12,14H2,(H,30,36)(H,32,34)/t19-/m1/s1. The van der Waals surface area contributed by atoms with Gasteiger partial charge in [0.15, 0.2) is 11.6 Å². The molecule has 0 unspecified atom stereocenters. The van der Waals surface area contributed by atoms with E-state index in [1.54, 1.807) is 41.9 Å². The highest BCUT2D eigenvalue weighted by atomic mass is 32.1. The molecule has 0 aliphatic heterocycles. The fourth-order valence-corrected chi connectivity index (χ4v) is 4.11. The smallest absolute Gasteiger partial charge is 0.289 e. The second-order valence-electron chi connectivity index (χ2n) is 7.93. The van der Waals surface area contributed by atoms with Crippen LogP contribution in [0, 0.1) is 17.5 Å². The van der Waals surface area contributed by atoms with E-state index in [1.807, 2.05) is 0 Å². The third-order valence-electron chi connectivity index (χ3n) is 5.31. The Kier molecular flexibility index (Phi) is 8.08. The first-order chi connectivity index (χ1) is 17.8. The third-order valence-corrected chi connectivity index (χ3v) is 6.09. The number of thiazole rings is 1. The molecule has 2 amide bonds. The Morgan fingerprint density at radius 3 is 2.51 bits per heavy atom. The SMILES string of the molecule is O=C(Cn1cc(-c2c(F)ccc(F)c2F)cn1)N[C@H](Cc1ccccc1)C(=O)C(=O)NCc1nccs1. The molecule has 0 radical (unpaired) electrons. The molecule has 4 aromatic rings. The van der Waals surface area contributed by atoms with E-state index in [1.165, 1.54) is 17.5 Å². The van der Waals surface area contributed by atoms with Crippen molar-refractivity contribution < 1.29 is 27.6 Å². The molecule has 0 aliphatic rings. The van der Waals surface area contributed by atoms with Crippen molar-refractivity contribution >= 4 is 28.9 Å². The number of halogens is 3. The molecule has 4 rings (SSSR count). The van der Waals surface area contributed by atoms with Gasteiger partial charge in [-0.2, -0.15) is 5.10 Å². The number of rotatable bonds is 10. The van der Waals surface area contributed by atoms with Crippen LogP contribution in [0.3, 0.4) is 0 Å². The number of carbonyl (C=O) groups is 3. The number of aromatic nitrogens is 3. The number of ketones is 1. The zero-order valence-corrected chi connectivity index (χ0v) is 20.0. The van der Waals surface area contributed by atoms with Gasteiger partial charge in [0.1, 0.15) is 23.4 Å². The Morgan fingerprint density at radius 1 is 1.03 bits per heavy atom. The monoisotopic (exact) mass is 527 g/mol. The lowest BCUT2D eigenvalue weighted by Crippen LogP contribution is -2.49. The van der Waals surface area contributed by atoms with Crippen molar-refractivity contribution in [1.82, 2.24) is 25.4 Å². The molecule has 2 heterocycles. The van der Waals surface area contributed by atoms with Crippen molar-refractivity contribution in [3.05, 3.63) is 94.5 Å². The van der Waals surface area contributed by atoms with Gasteiger partial charge in [0.2, 0.25) is 11.7 Å². The molecular weight excluding hydrogens is 507 g/mol. The van der Waals surface area contributed by atoms with Gasteiger partial charge < -0.3 is 10.6 Å². The summed E-state index contributed by atoms with van der Waals surface area (Å²) < 4.78 is 42.8. The number of amides is 2. The maximum absolute atomic E-state index is 14.1. The molecule has 2 aromatic carbocycles. The largest absolute Gasteiger partial charge is 0.344 e. The van der Waals surface area contributed by atoms with E-state index < -0.39 is 53.2 Å². The van der Waals surface area contributed by atoms with Crippen molar-refractivity contribution in [3.8, 4) is 11.1 Å². The van der Waals surface area contributed by atoms with Gasteiger partial charge in [-0.15, -0.1) is 11.3 Å². The van der Waals surface area contributed by atoms with Crippen LogP contribution >= 0.6 is 11.3 Å². The van der Waals surface area contributed by atoms with Crippen LogP contribution in [0.1, 0.15) is 10.6 Å². The van der Waals surface area contributed by atoms with Crippen LogP contribution in [0.25, 0.3) is 11.1 Å². The topological polar surface area (TPSA) is 106 Å². The Balaban J connectivity index is 1.46. The van der Waals surface area contributed by atoms with E-state index in [9.17, 15) is 27.6 Å². The molecule has 37 heavy (non-hydrogen) atoms. The molecule has 12 heteroatoms. The lowest BCUT2D eigenvalue weighted by molar-refractivity contribution is -0.140. The van der Waals surface area contributed by atoms with Crippen LogP contribution in [0.2, 0.25) is 0 Å². The molecule has 2 N–H and O–H groups in total. The van der Waals surface area contributed by atoms with Crippen LogP contribution in [-0.4, -0.2) is 38.4 Å². The van der Waals surface area contributed by atoms with Crippen molar-refractivity contribution in [3.63, 3.8) is 0 Å². The van der Waals surface area contributed by atoms with Crippen LogP contribution in [-0.2, 0) is 33.9 Å². The molecule has 2 aromatic heterocycles. The second-order valence-corrected chi connectivity index (χ2v) is 8.91. The van der Waals surface area contributed by atoms with Gasteiger partial charge in [0.05, 0.1) is 18.3 Å². The van der Waals surface area contributed by atoms with E-state index >= 15 is 0 Å². The van der Waals surface area contributed by atoms with E-state index in [0.29, 0.717) is 16.6 Å². The third kappa shape index (κ3) is 6.47. The number of nitrogens with zero attached hydrogens (tertiary/aromatic N) is 3. The number of hydrogen-bond acceptors (Lipinski definition) is 6. The fraction of sp³-hybridized carbons (Fsp3) is 0.160. The molecule has 190 valence electrons. The molecular formula is C25H20F3N5O3S. The summed E-state index contributed by atoms with van der Waals surface area (Å²) in [5.74, 6) is -5.98. The number of benzene rings is 2. The van der Waals surface area contributed by atoms with Gasteiger partial charge in [-0.05, 0) is 17.7 Å². The Hall–Kier alpha value is -4.32. The second kappa shape index (κ2) is 11.6. The van der Waals surface area contributed by atoms with Gasteiger partial charge in [-0.25, -0.2) is 18.2 Å². The summed E-state index contributed by atoms with van der Waals surface area (Å²) in [6.45, 7) is -0.352. The molecule has 8 nitrogen and oxygen atoms in total. The first kappa shape index (κ1) is 25.8. The van der Waals surface area contributed by atoms with Crippen molar-refractivity contribution in [1.29, 1.82) is 0 Å². The summed E-state index contributed by atoms with van der Waals surface area (Å²) in [5.41, 5.74) is 0.0359. The molecule has 0 saturated carbocycles. The first-order valence-electron chi connectivity index (χ1n) is 11.0. The number of Topliss-reactive ketones (excluding diaryl/α,β-unsaturated/α-hetero) is 1. The van der Waals surface area contributed by atoms with E-state index in [0.717, 1.165) is 16.9 Å². The predicted octanol–water partition coefficient (Wildman–Crippen LogP) is 3.04. The number of hydrogen-bond donors (Lipinski definition) is 2. The first-order valence-corrected chi connectivity index (χ1v) is 11.9. The van der Waals surface area contributed by atoms with Gasteiger partial charge in [0, 0.05) is 29.8 Å². The molecule has 0 fully saturated rings. The highest BCUT2D eigenvalue weighted by molar-refractivity contribution is 7.09. The molecule has 0 bridgehead atoms. The zero-order valence-electron chi connectivity index (χ0n) is 19.2. The van der Waals surface area contributed by atoms with Crippen LogP contribution < -0.4 is 10.6 Å². The molecule has 0 aliphatic carbocycles. The van der Waals surface area contributed by atoms with E-state index in [4.69, 9.17) is 0 Å². The summed E-state index contributed by atoms with van der Waals surface area (Å²) in [5, 5.41) is 11.3. The average molecular weight is 528 g/mol. The molecule has 0 spiro atoms. The Labute approximate surface area is 213 Å². The van der Waals surface area contributed by atoms with Crippen molar-refractivity contribution in [2.45, 2.75) is 25.6 Å². The number of carbonyl (C=O) groups excluding carboxylic acids is 3. The predicted molar refractivity (Wildman–Crippen MR) is 129 cm³/mol. The highest BCUT2D eigenvalue weighted by Crippen LogP contribution is 2.27. The lowest BCUT2D eigenvalue weighted by atomic mass is 10.0. The summed E-state index contributed by atoms with van der Waals surface area (Å²) in [6, 6.07) is 9.09. The minimum atomic E-state index is -1.37. The average Bonchev–Trinajstić information content (AvgIpc) is 3.57. The van der Waals surface area contributed by atoms with Gasteiger partial charge >= 0.3 is 0 Å². The zero-order chi connectivity index (χ0) is 26.4. The highest BCUT2D eigenvalue weighted by Gasteiger charge is 2.27. The van der Waals surface area contributed by atoms with Gasteiger partial charge in [-0.3, -0.25) is 19.1 Å². The van der Waals surface area contributed by atoms with Crippen LogP contribution in [0.5, 0.6) is 0 Å². The summed E-state index contributed by atoms with van der Waals surface area (Å²) in [7, 11) is 0. The number of nitrogens with one attached hydrogen (secondary N) is 2. The molecule has 1 atom stereocenters. The lowest BCUT2D eigenvalue weighted by Gasteiger charge is -2.17. The summed E-state index contributed by atoms with van der Waals surface area (Å²) >= 11 is 1.32. The Bertz CT molecular complexity index is 1410. The maximum atomic E-state index is 14.1. The van der Waals surface area contributed by atoms with Crippen LogP contribution in [0.15, 0.2) is 66.4 Å². The van der Waals surface area contributed by atoms with Crippen LogP contribution in [0.4, 0.5) is 13.2 Å². The summed E-state index contributed by atoms with van der Waals surface area (Å²) in [6.07, 6.45) is 3.90. The van der Waals surface area contributed by atoms with E-state index in [2.05, 4.69) is 20.7 Å². The normalized spacial score (nSPS) is 11.6. The fourth-order valence-electron chi connectivity index (χ4n) is 3.56. The van der Waals surface area contributed by atoms with Crippen molar-refractivity contribution in [2.24, 2.45) is 0 Å². The minimum Gasteiger partial charge on any atom is -0.344 e. The summed E-state index contributed by atoms with van der Waals surface area (Å²) in [4.78, 5) is 42.2. The molecule has 0 saturated heterocycles. The van der Waals surface area contributed by atoms with Gasteiger partial charge in [0.25, 0.3) is 5.91 Å².